The lowest BCUT2D eigenvalue weighted by Crippen LogP contribution is -2.12. The molecule has 1 heterocycles. The zero-order valence-electron chi connectivity index (χ0n) is 9.65. The van der Waals surface area contributed by atoms with Gasteiger partial charge in [0, 0.05) is 18.9 Å². The zero-order chi connectivity index (χ0) is 13.0. The Balaban J connectivity index is 2.13. The van der Waals surface area contributed by atoms with Crippen molar-refractivity contribution in [3.05, 3.63) is 54.4 Å². The third-order valence-electron chi connectivity index (χ3n) is 2.63. The Morgan fingerprint density at radius 3 is 2.28 bits per heavy atom. The summed E-state index contributed by atoms with van der Waals surface area (Å²) >= 11 is 0. The van der Waals surface area contributed by atoms with E-state index in [1.54, 1.807) is 0 Å². The highest BCUT2D eigenvalue weighted by molar-refractivity contribution is 7.91. The van der Waals surface area contributed by atoms with Crippen molar-refractivity contribution >= 4 is 9.84 Å². The first-order valence-corrected chi connectivity index (χ1v) is 7.11. The van der Waals surface area contributed by atoms with Crippen LogP contribution in [0.15, 0.2) is 53.7 Å². The second-order valence-electron chi connectivity index (χ2n) is 3.88. The highest BCUT2D eigenvalue weighted by Crippen LogP contribution is 2.12. The van der Waals surface area contributed by atoms with Crippen molar-refractivity contribution in [1.82, 2.24) is 4.57 Å². The molecular formula is C13H12N2O2S. The molecule has 0 N–H and O–H groups in total. The van der Waals surface area contributed by atoms with Crippen LogP contribution in [0.3, 0.4) is 0 Å². The molecule has 5 heteroatoms. The van der Waals surface area contributed by atoms with E-state index in [4.69, 9.17) is 5.26 Å². The highest BCUT2D eigenvalue weighted by Gasteiger charge is 2.13. The molecule has 1 aromatic heterocycles. The SMILES string of the molecule is N#Cc1ccc(S(=O)(=O)CCn2cccc2)cc1. The van der Waals surface area contributed by atoms with Crippen LogP contribution in [0.25, 0.3) is 0 Å². The first kappa shape index (κ1) is 12.4. The smallest absolute Gasteiger partial charge is 0.180 e. The van der Waals surface area contributed by atoms with Crippen molar-refractivity contribution in [2.45, 2.75) is 11.4 Å². The quantitative estimate of drug-likeness (QED) is 0.842. The molecule has 0 radical (unpaired) electrons. The van der Waals surface area contributed by atoms with Crippen LogP contribution < -0.4 is 0 Å². The lowest BCUT2D eigenvalue weighted by molar-refractivity contribution is 0.589. The number of nitrogens with zero attached hydrogens (tertiary/aromatic N) is 2. The summed E-state index contributed by atoms with van der Waals surface area (Å²) in [6.07, 6.45) is 3.66. The molecule has 0 atom stereocenters. The first-order valence-electron chi connectivity index (χ1n) is 5.45. The van der Waals surface area contributed by atoms with E-state index in [2.05, 4.69) is 0 Å². The Kier molecular flexibility index (Phi) is 3.49. The topological polar surface area (TPSA) is 62.9 Å². The third kappa shape index (κ3) is 2.79. The number of rotatable bonds is 4. The van der Waals surface area contributed by atoms with Gasteiger partial charge < -0.3 is 4.57 Å². The fourth-order valence-corrected chi connectivity index (χ4v) is 2.84. The van der Waals surface area contributed by atoms with Crippen LogP contribution in [0.5, 0.6) is 0 Å². The van der Waals surface area contributed by atoms with Gasteiger partial charge in [-0.2, -0.15) is 5.26 Å². The van der Waals surface area contributed by atoms with Gasteiger partial charge in [0.2, 0.25) is 0 Å². The number of hydrogen-bond donors (Lipinski definition) is 0. The van der Waals surface area contributed by atoms with Crippen LogP contribution in [-0.4, -0.2) is 18.7 Å². The van der Waals surface area contributed by atoms with Crippen molar-refractivity contribution in [1.29, 1.82) is 5.26 Å². The summed E-state index contributed by atoms with van der Waals surface area (Å²) in [5, 5.41) is 8.66. The van der Waals surface area contributed by atoms with Gasteiger partial charge in [0.05, 0.1) is 22.3 Å². The molecule has 4 nitrogen and oxygen atoms in total. The summed E-state index contributed by atoms with van der Waals surface area (Å²) in [7, 11) is -3.29. The van der Waals surface area contributed by atoms with Crippen LogP contribution in [0.1, 0.15) is 5.56 Å². The van der Waals surface area contributed by atoms with Crippen molar-refractivity contribution < 1.29 is 8.42 Å². The van der Waals surface area contributed by atoms with E-state index in [0.29, 0.717) is 12.1 Å². The molecule has 2 aromatic rings. The molecule has 0 unspecified atom stereocenters. The Hall–Kier alpha value is -2.06. The Morgan fingerprint density at radius 2 is 1.72 bits per heavy atom. The molecule has 18 heavy (non-hydrogen) atoms. The second-order valence-corrected chi connectivity index (χ2v) is 5.99. The summed E-state index contributed by atoms with van der Waals surface area (Å²) in [5.41, 5.74) is 0.458. The molecule has 2 rings (SSSR count). The normalized spacial score (nSPS) is 11.1. The fourth-order valence-electron chi connectivity index (χ4n) is 1.60. The lowest BCUT2D eigenvalue weighted by Gasteiger charge is -2.05. The van der Waals surface area contributed by atoms with Gasteiger partial charge in [-0.1, -0.05) is 0 Å². The molecular weight excluding hydrogens is 248 g/mol. The number of sulfone groups is 1. The summed E-state index contributed by atoms with van der Waals surface area (Å²) < 4.78 is 25.9. The monoisotopic (exact) mass is 260 g/mol. The molecule has 1 aromatic carbocycles. The third-order valence-corrected chi connectivity index (χ3v) is 4.34. The van der Waals surface area contributed by atoms with Gasteiger partial charge >= 0.3 is 0 Å². The maximum Gasteiger partial charge on any atom is 0.180 e. The average Bonchev–Trinajstić information content (AvgIpc) is 2.90. The number of aryl methyl sites for hydroxylation is 1. The number of hydrogen-bond acceptors (Lipinski definition) is 3. The standard InChI is InChI=1S/C13H12N2O2S/c14-11-12-3-5-13(6-4-12)18(16,17)10-9-15-7-1-2-8-15/h1-8H,9-10H2. The van der Waals surface area contributed by atoms with E-state index in [9.17, 15) is 8.42 Å². The van der Waals surface area contributed by atoms with Crippen molar-refractivity contribution in [2.24, 2.45) is 0 Å². The first-order chi connectivity index (χ1) is 8.62. The van der Waals surface area contributed by atoms with Gasteiger partial charge in [0.25, 0.3) is 0 Å². The maximum absolute atomic E-state index is 12.0. The Bertz CT molecular complexity index is 650. The molecule has 0 saturated heterocycles. The van der Waals surface area contributed by atoms with Gasteiger partial charge in [-0.15, -0.1) is 0 Å². The number of aromatic nitrogens is 1. The number of nitriles is 1. The molecule has 0 aliphatic carbocycles. The lowest BCUT2D eigenvalue weighted by atomic mass is 10.2. The Labute approximate surface area is 106 Å². The predicted molar refractivity (Wildman–Crippen MR) is 67.6 cm³/mol. The summed E-state index contributed by atoms with van der Waals surface area (Å²) in [4.78, 5) is 0.258. The molecule has 0 fully saturated rings. The van der Waals surface area contributed by atoms with Crippen LogP contribution in [0.4, 0.5) is 0 Å². The van der Waals surface area contributed by atoms with E-state index in [0.717, 1.165) is 0 Å². The molecule has 0 aliphatic rings. The van der Waals surface area contributed by atoms with Gasteiger partial charge in [-0.3, -0.25) is 0 Å². The van der Waals surface area contributed by atoms with Crippen molar-refractivity contribution in [2.75, 3.05) is 5.75 Å². The van der Waals surface area contributed by atoms with E-state index < -0.39 is 9.84 Å². The van der Waals surface area contributed by atoms with E-state index in [-0.39, 0.29) is 10.6 Å². The minimum atomic E-state index is -3.29. The summed E-state index contributed by atoms with van der Waals surface area (Å²) in [6, 6.07) is 11.7. The summed E-state index contributed by atoms with van der Waals surface area (Å²) in [6.45, 7) is 0.426. The maximum atomic E-state index is 12.0. The van der Waals surface area contributed by atoms with Gasteiger partial charge in [0.15, 0.2) is 9.84 Å². The predicted octanol–water partition coefficient (Wildman–Crippen LogP) is 1.83. The second kappa shape index (κ2) is 5.07. The van der Waals surface area contributed by atoms with Crippen LogP contribution in [0.2, 0.25) is 0 Å². The van der Waals surface area contributed by atoms with E-state index >= 15 is 0 Å². The highest BCUT2D eigenvalue weighted by atomic mass is 32.2. The van der Waals surface area contributed by atoms with Gasteiger partial charge in [-0.05, 0) is 36.4 Å². The molecule has 0 spiro atoms. The van der Waals surface area contributed by atoms with E-state index in [1.165, 1.54) is 24.3 Å². The minimum Gasteiger partial charge on any atom is -0.353 e. The fraction of sp³-hybridized carbons (Fsp3) is 0.154. The molecule has 0 saturated carbocycles. The van der Waals surface area contributed by atoms with Crippen molar-refractivity contribution in [3.8, 4) is 6.07 Å². The molecule has 0 bridgehead atoms. The van der Waals surface area contributed by atoms with Crippen LogP contribution in [-0.2, 0) is 16.4 Å². The molecule has 0 aliphatic heterocycles. The van der Waals surface area contributed by atoms with Crippen LogP contribution in [0, 0.1) is 11.3 Å². The summed E-state index contributed by atoms with van der Waals surface area (Å²) in [5.74, 6) is 0.0492. The van der Waals surface area contributed by atoms with Crippen LogP contribution >= 0.6 is 0 Å². The Morgan fingerprint density at radius 1 is 1.11 bits per heavy atom. The number of benzene rings is 1. The largest absolute Gasteiger partial charge is 0.353 e. The molecule has 0 amide bonds. The molecule has 92 valence electrons. The van der Waals surface area contributed by atoms with E-state index in [1.807, 2.05) is 35.2 Å². The zero-order valence-corrected chi connectivity index (χ0v) is 10.5. The van der Waals surface area contributed by atoms with Crippen molar-refractivity contribution in [3.63, 3.8) is 0 Å². The van der Waals surface area contributed by atoms with Gasteiger partial charge in [0.1, 0.15) is 0 Å². The average molecular weight is 260 g/mol. The minimum absolute atomic E-state index is 0.0492. The van der Waals surface area contributed by atoms with Gasteiger partial charge in [-0.25, -0.2) is 8.42 Å².